The first kappa shape index (κ1) is 18.6. The van der Waals surface area contributed by atoms with Gasteiger partial charge in [-0.05, 0) is 42.2 Å². The molecule has 0 radical (unpaired) electrons. The summed E-state index contributed by atoms with van der Waals surface area (Å²) in [7, 11) is 0. The van der Waals surface area contributed by atoms with Crippen molar-refractivity contribution >= 4 is 29.1 Å². The van der Waals surface area contributed by atoms with Gasteiger partial charge >= 0.3 is 0 Å². The fourth-order valence-corrected chi connectivity index (χ4v) is 4.39. The Labute approximate surface area is 169 Å². The van der Waals surface area contributed by atoms with E-state index < -0.39 is 0 Å². The molecule has 4 rings (SSSR count). The second-order valence-corrected chi connectivity index (χ2v) is 8.22. The molecular formula is C21H22Cl2N2O2. The molecule has 0 aliphatic carbocycles. The van der Waals surface area contributed by atoms with E-state index >= 15 is 0 Å². The summed E-state index contributed by atoms with van der Waals surface area (Å²) in [4.78, 5) is 14.7. The Hall–Kier alpha value is -1.75. The lowest BCUT2D eigenvalue weighted by Crippen LogP contribution is -2.46. The minimum atomic E-state index is 0.000867. The number of benzene rings is 2. The van der Waals surface area contributed by atoms with Gasteiger partial charge in [-0.1, -0.05) is 41.4 Å². The minimum Gasteiger partial charge on any atom is -0.492 e. The van der Waals surface area contributed by atoms with Crippen molar-refractivity contribution < 1.29 is 9.53 Å². The summed E-state index contributed by atoms with van der Waals surface area (Å²) in [5.74, 6) is 1.08. The van der Waals surface area contributed by atoms with Gasteiger partial charge in [-0.15, -0.1) is 0 Å². The lowest BCUT2D eigenvalue weighted by atomic mass is 9.74. The lowest BCUT2D eigenvalue weighted by molar-refractivity contribution is -0.132. The highest BCUT2D eigenvalue weighted by atomic mass is 35.5. The number of carbonyl (C=O) groups is 1. The predicted molar refractivity (Wildman–Crippen MR) is 107 cm³/mol. The Morgan fingerprint density at radius 2 is 1.81 bits per heavy atom. The van der Waals surface area contributed by atoms with E-state index in [9.17, 15) is 4.79 Å². The number of halogens is 2. The van der Waals surface area contributed by atoms with Crippen LogP contribution in [0.4, 0.5) is 0 Å². The molecule has 1 fully saturated rings. The summed E-state index contributed by atoms with van der Waals surface area (Å²) in [6, 6.07) is 11.6. The maximum atomic E-state index is 12.7. The number of nitrogens with zero attached hydrogens (tertiary/aromatic N) is 1. The van der Waals surface area contributed by atoms with Crippen molar-refractivity contribution in [2.45, 2.75) is 31.2 Å². The molecule has 1 spiro atoms. The van der Waals surface area contributed by atoms with Crippen LogP contribution in [0.25, 0.3) is 0 Å². The van der Waals surface area contributed by atoms with Crippen LogP contribution in [0.15, 0.2) is 36.4 Å². The molecule has 2 aromatic rings. The number of piperidine rings is 1. The van der Waals surface area contributed by atoms with Gasteiger partial charge in [0.2, 0.25) is 5.91 Å². The maximum absolute atomic E-state index is 12.7. The molecule has 0 atom stereocenters. The van der Waals surface area contributed by atoms with Crippen LogP contribution in [0.2, 0.25) is 10.0 Å². The van der Waals surface area contributed by atoms with Crippen molar-refractivity contribution in [1.82, 2.24) is 4.90 Å². The normalized spacial score (nSPS) is 17.7. The summed E-state index contributed by atoms with van der Waals surface area (Å²) < 4.78 is 5.94. The van der Waals surface area contributed by atoms with E-state index in [2.05, 4.69) is 6.07 Å². The summed E-state index contributed by atoms with van der Waals surface area (Å²) in [5.41, 5.74) is 9.07. The van der Waals surface area contributed by atoms with Gasteiger partial charge in [0.25, 0.3) is 0 Å². The third-order valence-corrected chi connectivity index (χ3v) is 6.51. The van der Waals surface area contributed by atoms with Crippen LogP contribution in [0.3, 0.4) is 0 Å². The fraction of sp³-hybridized carbons (Fsp3) is 0.381. The van der Waals surface area contributed by atoms with E-state index in [0.717, 1.165) is 42.8 Å². The Morgan fingerprint density at radius 3 is 2.52 bits per heavy atom. The van der Waals surface area contributed by atoms with Crippen molar-refractivity contribution in [2.24, 2.45) is 5.73 Å². The lowest BCUT2D eigenvalue weighted by Gasteiger charge is -2.38. The van der Waals surface area contributed by atoms with Crippen LogP contribution in [0.5, 0.6) is 5.75 Å². The molecule has 2 aromatic carbocycles. The van der Waals surface area contributed by atoms with Crippen LogP contribution >= 0.6 is 23.2 Å². The summed E-state index contributed by atoms with van der Waals surface area (Å²) >= 11 is 12.0. The number of nitrogens with two attached hydrogens (primary N) is 1. The van der Waals surface area contributed by atoms with Crippen molar-refractivity contribution in [3.8, 4) is 5.75 Å². The Bertz CT molecular complexity index is 876. The van der Waals surface area contributed by atoms with E-state index in [0.29, 0.717) is 29.6 Å². The van der Waals surface area contributed by atoms with E-state index in [-0.39, 0.29) is 11.3 Å². The number of carbonyl (C=O) groups excluding carboxylic acids is 1. The fourth-order valence-electron chi connectivity index (χ4n) is 4.07. The predicted octanol–water partition coefficient (Wildman–Crippen LogP) is 3.95. The number of rotatable bonds is 3. The largest absolute Gasteiger partial charge is 0.492 e. The van der Waals surface area contributed by atoms with Crippen LogP contribution < -0.4 is 10.5 Å². The Kier molecular flexibility index (Phi) is 5.06. The molecule has 6 heteroatoms. The smallest absolute Gasteiger partial charge is 0.226 e. The first-order chi connectivity index (χ1) is 13.0. The van der Waals surface area contributed by atoms with Crippen molar-refractivity contribution in [1.29, 1.82) is 0 Å². The Balaban J connectivity index is 1.44. The topological polar surface area (TPSA) is 55.6 Å². The highest BCUT2D eigenvalue weighted by Crippen LogP contribution is 2.45. The van der Waals surface area contributed by atoms with Gasteiger partial charge in [-0.25, -0.2) is 0 Å². The number of amides is 1. The molecule has 27 heavy (non-hydrogen) atoms. The van der Waals surface area contributed by atoms with Gasteiger partial charge in [0.1, 0.15) is 5.75 Å². The SMILES string of the molecule is NCc1ccc2c(c1)C1(CCN(C(=O)Cc3ccc(Cl)c(Cl)c3)CC1)CO2. The van der Waals surface area contributed by atoms with Crippen molar-refractivity contribution in [3.63, 3.8) is 0 Å². The monoisotopic (exact) mass is 404 g/mol. The summed E-state index contributed by atoms with van der Waals surface area (Å²) in [6.07, 6.45) is 2.15. The molecule has 2 aliphatic heterocycles. The number of likely N-dealkylation sites (tertiary alicyclic amines) is 1. The summed E-state index contributed by atoms with van der Waals surface area (Å²) in [6.45, 7) is 2.68. The van der Waals surface area contributed by atoms with Crippen LogP contribution in [-0.4, -0.2) is 30.5 Å². The maximum Gasteiger partial charge on any atom is 0.226 e. The molecule has 4 nitrogen and oxygen atoms in total. The zero-order valence-corrected chi connectivity index (χ0v) is 16.5. The molecule has 2 N–H and O–H groups in total. The molecule has 0 unspecified atom stereocenters. The van der Waals surface area contributed by atoms with Crippen LogP contribution in [-0.2, 0) is 23.2 Å². The molecule has 0 aromatic heterocycles. The second kappa shape index (κ2) is 7.34. The highest BCUT2D eigenvalue weighted by molar-refractivity contribution is 6.42. The molecule has 142 valence electrons. The highest BCUT2D eigenvalue weighted by Gasteiger charge is 2.43. The molecular weight excluding hydrogens is 383 g/mol. The van der Waals surface area contributed by atoms with Crippen LogP contribution in [0, 0.1) is 0 Å². The zero-order valence-electron chi connectivity index (χ0n) is 15.0. The van der Waals surface area contributed by atoms with Crippen LogP contribution in [0.1, 0.15) is 29.5 Å². The molecule has 1 amide bonds. The van der Waals surface area contributed by atoms with Crippen molar-refractivity contribution in [3.05, 3.63) is 63.1 Å². The standard InChI is InChI=1S/C21H22Cl2N2O2/c22-17-3-1-14(10-18(17)23)11-20(26)25-7-5-21(6-8-25)13-27-19-4-2-15(12-24)9-16(19)21/h1-4,9-10H,5-8,11-13,24H2. The van der Waals surface area contributed by atoms with Gasteiger partial charge in [0.15, 0.2) is 0 Å². The average Bonchev–Trinajstić information content (AvgIpc) is 3.03. The number of fused-ring (bicyclic) bond motifs is 2. The molecule has 0 bridgehead atoms. The molecule has 2 aliphatic rings. The third-order valence-electron chi connectivity index (χ3n) is 5.77. The molecule has 0 saturated carbocycles. The van der Waals surface area contributed by atoms with Gasteiger partial charge < -0.3 is 15.4 Å². The van der Waals surface area contributed by atoms with E-state index in [1.165, 1.54) is 5.56 Å². The van der Waals surface area contributed by atoms with Gasteiger partial charge in [0, 0.05) is 30.6 Å². The number of ether oxygens (including phenoxy) is 1. The van der Waals surface area contributed by atoms with E-state index in [1.54, 1.807) is 12.1 Å². The van der Waals surface area contributed by atoms with Gasteiger partial charge in [0.05, 0.1) is 23.1 Å². The second-order valence-electron chi connectivity index (χ2n) is 7.41. The zero-order chi connectivity index (χ0) is 19.0. The average molecular weight is 405 g/mol. The third kappa shape index (κ3) is 3.54. The van der Waals surface area contributed by atoms with E-state index in [4.69, 9.17) is 33.7 Å². The quantitative estimate of drug-likeness (QED) is 0.842. The van der Waals surface area contributed by atoms with Crippen molar-refractivity contribution in [2.75, 3.05) is 19.7 Å². The Morgan fingerprint density at radius 1 is 1.07 bits per heavy atom. The number of hydrogen-bond donors (Lipinski definition) is 1. The number of hydrogen-bond acceptors (Lipinski definition) is 3. The first-order valence-corrected chi connectivity index (χ1v) is 9.94. The van der Waals surface area contributed by atoms with Gasteiger partial charge in [-0.2, -0.15) is 0 Å². The molecule has 2 heterocycles. The minimum absolute atomic E-state index is 0.000867. The summed E-state index contributed by atoms with van der Waals surface area (Å²) in [5, 5.41) is 0.986. The molecule has 1 saturated heterocycles. The van der Waals surface area contributed by atoms with E-state index in [1.807, 2.05) is 23.1 Å². The first-order valence-electron chi connectivity index (χ1n) is 9.19. The van der Waals surface area contributed by atoms with Gasteiger partial charge in [-0.3, -0.25) is 4.79 Å².